The highest BCUT2D eigenvalue weighted by Gasteiger charge is 2.11. The molecule has 2 N–H and O–H groups in total. The van der Waals surface area contributed by atoms with E-state index in [-0.39, 0.29) is 18.4 Å². The third-order valence-electron chi connectivity index (χ3n) is 5.46. The largest absolute Gasteiger partial charge is 0.484 e. The van der Waals surface area contributed by atoms with E-state index in [1.165, 1.54) is 0 Å². The number of nitrogens with zero attached hydrogens (tertiary/aromatic N) is 2. The summed E-state index contributed by atoms with van der Waals surface area (Å²) < 4.78 is 10.9. The van der Waals surface area contributed by atoms with Gasteiger partial charge in [0, 0.05) is 35.9 Å². The summed E-state index contributed by atoms with van der Waals surface area (Å²) in [6.07, 6.45) is 1.54. The second-order valence-electron chi connectivity index (χ2n) is 8.20. The molecule has 0 aromatic heterocycles. The van der Waals surface area contributed by atoms with Crippen LogP contribution in [-0.2, 0) is 16.1 Å². The number of hydrogen-bond acceptors (Lipinski definition) is 6. The molecule has 1 heterocycles. The molecule has 3 aromatic carbocycles. The minimum Gasteiger partial charge on any atom is -0.484 e. The Labute approximate surface area is 214 Å². The summed E-state index contributed by atoms with van der Waals surface area (Å²) in [6.45, 7) is 4.07. The van der Waals surface area contributed by atoms with Crippen molar-refractivity contribution in [1.82, 2.24) is 10.3 Å². The van der Waals surface area contributed by atoms with Crippen molar-refractivity contribution in [2.75, 3.05) is 38.2 Å². The standard InChI is InChI=1S/C27H27ClN4O4/c28-23-2-1-3-24(16-23)30-26(33)19-36-25-10-6-20(7-11-25)17-29-31-27(34)22-8-4-21(5-9-22)18-32-12-14-35-15-13-32/h1-11,16-17H,12-15,18-19H2,(H,30,33)(H,31,34)/b29-17-. The van der Waals surface area contributed by atoms with Crippen molar-refractivity contribution < 1.29 is 19.1 Å². The van der Waals surface area contributed by atoms with E-state index in [0.717, 1.165) is 44.0 Å². The van der Waals surface area contributed by atoms with Crippen LogP contribution in [0.1, 0.15) is 21.5 Å². The van der Waals surface area contributed by atoms with Gasteiger partial charge in [-0.05, 0) is 65.7 Å². The fraction of sp³-hybridized carbons (Fsp3) is 0.222. The van der Waals surface area contributed by atoms with Gasteiger partial charge in [-0.3, -0.25) is 14.5 Å². The van der Waals surface area contributed by atoms with Crippen LogP contribution in [0, 0.1) is 0 Å². The molecule has 1 aliphatic heterocycles. The SMILES string of the molecule is O=C(COc1ccc(/C=N\NC(=O)c2ccc(CN3CCOCC3)cc2)cc1)Nc1cccc(Cl)c1. The Hall–Kier alpha value is -3.72. The van der Waals surface area contributed by atoms with Gasteiger partial charge < -0.3 is 14.8 Å². The minimum atomic E-state index is -0.292. The Morgan fingerprint density at radius 3 is 2.50 bits per heavy atom. The zero-order chi connectivity index (χ0) is 25.2. The topological polar surface area (TPSA) is 92.3 Å². The first-order valence-corrected chi connectivity index (χ1v) is 11.9. The number of amides is 2. The molecule has 8 nitrogen and oxygen atoms in total. The van der Waals surface area contributed by atoms with Crippen molar-refractivity contribution in [3.05, 3.63) is 94.5 Å². The van der Waals surface area contributed by atoms with Crippen LogP contribution in [-0.4, -0.2) is 55.8 Å². The molecule has 0 unspecified atom stereocenters. The van der Waals surface area contributed by atoms with Crippen LogP contribution >= 0.6 is 11.6 Å². The van der Waals surface area contributed by atoms with Gasteiger partial charge in [0.1, 0.15) is 5.75 Å². The number of anilines is 1. The number of hydrogen-bond donors (Lipinski definition) is 2. The second-order valence-corrected chi connectivity index (χ2v) is 8.64. The van der Waals surface area contributed by atoms with E-state index in [4.69, 9.17) is 21.1 Å². The van der Waals surface area contributed by atoms with Crippen molar-refractivity contribution in [1.29, 1.82) is 0 Å². The molecule has 0 radical (unpaired) electrons. The number of carbonyl (C=O) groups excluding carboxylic acids is 2. The van der Waals surface area contributed by atoms with Crippen LogP contribution in [0.3, 0.4) is 0 Å². The molecule has 2 amide bonds. The Kier molecular flexibility index (Phi) is 9.04. The maximum atomic E-state index is 12.4. The van der Waals surface area contributed by atoms with Gasteiger partial charge in [0.05, 0.1) is 19.4 Å². The lowest BCUT2D eigenvalue weighted by atomic mass is 10.1. The van der Waals surface area contributed by atoms with Crippen LogP contribution in [0.25, 0.3) is 0 Å². The number of hydrazone groups is 1. The average Bonchev–Trinajstić information content (AvgIpc) is 2.89. The predicted octanol–water partition coefficient (Wildman–Crippen LogP) is 3.95. The molecule has 1 saturated heterocycles. The highest BCUT2D eigenvalue weighted by molar-refractivity contribution is 6.30. The Morgan fingerprint density at radius 1 is 1.03 bits per heavy atom. The van der Waals surface area contributed by atoms with Gasteiger partial charge in [0.2, 0.25) is 0 Å². The Morgan fingerprint density at radius 2 is 1.78 bits per heavy atom. The molecule has 0 bridgehead atoms. The summed E-state index contributed by atoms with van der Waals surface area (Å²) in [5.74, 6) is -0.0378. The lowest BCUT2D eigenvalue weighted by Crippen LogP contribution is -2.35. The Bertz CT molecular complexity index is 1190. The van der Waals surface area contributed by atoms with Crippen LogP contribution in [0.5, 0.6) is 5.75 Å². The number of nitrogens with one attached hydrogen (secondary N) is 2. The van der Waals surface area contributed by atoms with Crippen molar-refractivity contribution in [2.45, 2.75) is 6.54 Å². The van der Waals surface area contributed by atoms with E-state index in [1.807, 2.05) is 12.1 Å². The van der Waals surface area contributed by atoms with Gasteiger partial charge >= 0.3 is 0 Å². The molecular formula is C27H27ClN4O4. The van der Waals surface area contributed by atoms with Crippen molar-refractivity contribution in [3.8, 4) is 5.75 Å². The molecule has 9 heteroatoms. The van der Waals surface area contributed by atoms with E-state index in [0.29, 0.717) is 22.0 Å². The molecule has 186 valence electrons. The van der Waals surface area contributed by atoms with E-state index in [2.05, 4.69) is 20.7 Å². The number of ether oxygens (including phenoxy) is 2. The average molecular weight is 507 g/mol. The first-order valence-electron chi connectivity index (χ1n) is 11.6. The number of morpholine rings is 1. The van der Waals surface area contributed by atoms with Crippen molar-refractivity contribution >= 4 is 35.3 Å². The molecule has 1 fully saturated rings. The summed E-state index contributed by atoms with van der Waals surface area (Å²) in [4.78, 5) is 26.7. The number of halogens is 1. The van der Waals surface area contributed by atoms with Crippen LogP contribution in [0.4, 0.5) is 5.69 Å². The third-order valence-corrected chi connectivity index (χ3v) is 5.70. The molecule has 1 aliphatic rings. The highest BCUT2D eigenvalue weighted by atomic mass is 35.5. The van der Waals surface area contributed by atoms with Gasteiger partial charge in [0.25, 0.3) is 11.8 Å². The predicted molar refractivity (Wildman–Crippen MR) is 140 cm³/mol. The zero-order valence-corrected chi connectivity index (χ0v) is 20.4. The number of rotatable bonds is 9. The lowest BCUT2D eigenvalue weighted by Gasteiger charge is -2.26. The monoisotopic (exact) mass is 506 g/mol. The van der Waals surface area contributed by atoms with Gasteiger partial charge in [0.15, 0.2) is 6.61 Å². The number of benzene rings is 3. The van der Waals surface area contributed by atoms with E-state index in [1.54, 1.807) is 66.9 Å². The maximum absolute atomic E-state index is 12.4. The third kappa shape index (κ3) is 7.91. The zero-order valence-electron chi connectivity index (χ0n) is 19.7. The van der Waals surface area contributed by atoms with Crippen LogP contribution in [0.15, 0.2) is 77.9 Å². The summed E-state index contributed by atoms with van der Waals surface area (Å²) in [5, 5.41) is 7.29. The molecule has 4 rings (SSSR count). The van der Waals surface area contributed by atoms with Crippen LogP contribution in [0.2, 0.25) is 5.02 Å². The first-order chi connectivity index (χ1) is 17.5. The van der Waals surface area contributed by atoms with Gasteiger partial charge in [-0.1, -0.05) is 29.8 Å². The van der Waals surface area contributed by atoms with E-state index in [9.17, 15) is 9.59 Å². The molecular weight excluding hydrogens is 480 g/mol. The van der Waals surface area contributed by atoms with E-state index < -0.39 is 0 Å². The smallest absolute Gasteiger partial charge is 0.271 e. The second kappa shape index (κ2) is 12.8. The first kappa shape index (κ1) is 25.4. The molecule has 36 heavy (non-hydrogen) atoms. The molecule has 0 saturated carbocycles. The molecule has 3 aromatic rings. The fourth-order valence-corrected chi connectivity index (χ4v) is 3.76. The Balaban J connectivity index is 1.20. The summed E-state index contributed by atoms with van der Waals surface area (Å²) in [5.41, 5.74) is 5.61. The fourth-order valence-electron chi connectivity index (χ4n) is 3.57. The van der Waals surface area contributed by atoms with Gasteiger partial charge in [-0.15, -0.1) is 0 Å². The molecule has 0 aliphatic carbocycles. The summed E-state index contributed by atoms with van der Waals surface area (Å²) in [7, 11) is 0. The highest BCUT2D eigenvalue weighted by Crippen LogP contribution is 2.15. The molecule has 0 spiro atoms. The maximum Gasteiger partial charge on any atom is 0.271 e. The summed E-state index contributed by atoms with van der Waals surface area (Å²) in [6, 6.07) is 21.4. The van der Waals surface area contributed by atoms with E-state index >= 15 is 0 Å². The van der Waals surface area contributed by atoms with Gasteiger partial charge in [-0.2, -0.15) is 5.10 Å². The van der Waals surface area contributed by atoms with Crippen molar-refractivity contribution in [2.24, 2.45) is 5.10 Å². The summed E-state index contributed by atoms with van der Waals surface area (Å²) >= 11 is 5.92. The lowest BCUT2D eigenvalue weighted by molar-refractivity contribution is -0.118. The van der Waals surface area contributed by atoms with Gasteiger partial charge in [-0.25, -0.2) is 5.43 Å². The quantitative estimate of drug-likeness (QED) is 0.338. The van der Waals surface area contributed by atoms with Crippen molar-refractivity contribution in [3.63, 3.8) is 0 Å². The normalized spacial score (nSPS) is 13.9. The molecule has 0 atom stereocenters. The van der Waals surface area contributed by atoms with Crippen LogP contribution < -0.4 is 15.5 Å². The minimum absolute atomic E-state index is 0.138. The number of carbonyl (C=O) groups is 2.